The monoisotopic (exact) mass is 470 g/mol. The molecule has 34 heavy (non-hydrogen) atoms. The third kappa shape index (κ3) is 3.13. The normalized spacial score (nSPS) is 47.0. The molecule has 9 atom stereocenters. The number of aliphatic hydroxyl groups is 2. The molecule has 5 aliphatic rings. The molecule has 3 fully saturated rings. The number of carbonyl (C=O) groups is 1. The molecule has 0 aromatic rings. The van der Waals surface area contributed by atoms with Crippen molar-refractivity contribution in [3.05, 3.63) is 23.5 Å². The first-order chi connectivity index (χ1) is 15.9. The van der Waals surface area contributed by atoms with Gasteiger partial charge < -0.3 is 14.9 Å². The first-order valence-corrected chi connectivity index (χ1v) is 13.8. The number of allylic oxidation sites excluding steroid dienone is 2. The molecule has 9 unspecified atom stereocenters. The van der Waals surface area contributed by atoms with Crippen LogP contribution in [0.25, 0.3) is 0 Å². The van der Waals surface area contributed by atoms with Gasteiger partial charge in [0.15, 0.2) is 0 Å². The highest BCUT2D eigenvalue weighted by Crippen LogP contribution is 2.73. The van der Waals surface area contributed by atoms with Crippen molar-refractivity contribution < 1.29 is 19.7 Å². The van der Waals surface area contributed by atoms with E-state index in [1.54, 1.807) is 5.57 Å². The van der Waals surface area contributed by atoms with E-state index in [-0.39, 0.29) is 40.3 Å². The SMILES string of the molecule is CC(CO)C(O)C1CC(C2CCC3(C)C4=CCC5C(C)(C)C(=O)CCC5(C)C4CCC23C)=CO1. The van der Waals surface area contributed by atoms with Crippen molar-refractivity contribution in [3.8, 4) is 0 Å². The summed E-state index contributed by atoms with van der Waals surface area (Å²) in [5.74, 6) is 1.80. The van der Waals surface area contributed by atoms with Crippen molar-refractivity contribution in [2.24, 2.45) is 45.3 Å². The molecule has 1 aliphatic heterocycles. The minimum atomic E-state index is -0.634. The largest absolute Gasteiger partial charge is 0.495 e. The Kier molecular flexibility index (Phi) is 5.73. The fourth-order valence-corrected chi connectivity index (χ4v) is 9.50. The Labute approximate surface area is 206 Å². The zero-order valence-electron chi connectivity index (χ0n) is 22.2. The summed E-state index contributed by atoms with van der Waals surface area (Å²) in [5, 5.41) is 20.1. The van der Waals surface area contributed by atoms with E-state index >= 15 is 0 Å². The molecule has 3 saturated carbocycles. The standard InChI is InChI=1S/C30H46O4/c1-18(16-31)26(33)23-15-19(17-34-23)20-9-13-30(6)22-7-8-24-27(2,3)25(32)11-12-28(24,4)21(22)10-14-29(20,30)5/h7,17-18,20-21,23-24,26,31,33H,8-16H2,1-6H3. The van der Waals surface area contributed by atoms with Gasteiger partial charge in [0, 0.05) is 30.8 Å². The third-order valence-electron chi connectivity index (χ3n) is 12.1. The number of ether oxygens (including phenoxy) is 1. The molecular formula is C30H46O4. The number of rotatable bonds is 4. The van der Waals surface area contributed by atoms with Gasteiger partial charge in [0.1, 0.15) is 11.9 Å². The summed E-state index contributed by atoms with van der Waals surface area (Å²) in [7, 11) is 0. The highest BCUT2D eigenvalue weighted by molar-refractivity contribution is 5.85. The summed E-state index contributed by atoms with van der Waals surface area (Å²) in [4.78, 5) is 12.8. The highest BCUT2D eigenvalue weighted by atomic mass is 16.5. The predicted molar refractivity (Wildman–Crippen MR) is 134 cm³/mol. The maximum atomic E-state index is 12.8. The summed E-state index contributed by atoms with van der Waals surface area (Å²) in [6.45, 7) is 13.8. The summed E-state index contributed by atoms with van der Waals surface area (Å²) in [5.41, 5.74) is 3.42. The number of carbonyl (C=O) groups excluding carboxylic acids is 1. The van der Waals surface area contributed by atoms with Gasteiger partial charge in [0.2, 0.25) is 0 Å². The van der Waals surface area contributed by atoms with Crippen LogP contribution in [-0.4, -0.2) is 34.8 Å². The molecule has 0 bridgehead atoms. The van der Waals surface area contributed by atoms with Gasteiger partial charge in [-0.25, -0.2) is 0 Å². The lowest BCUT2D eigenvalue weighted by molar-refractivity contribution is -0.145. The van der Waals surface area contributed by atoms with Gasteiger partial charge >= 0.3 is 0 Å². The van der Waals surface area contributed by atoms with Gasteiger partial charge in [0.05, 0.1) is 12.4 Å². The van der Waals surface area contributed by atoms with Crippen LogP contribution < -0.4 is 0 Å². The lowest BCUT2D eigenvalue weighted by Crippen LogP contribution is -2.57. The van der Waals surface area contributed by atoms with Crippen LogP contribution in [0.4, 0.5) is 0 Å². The van der Waals surface area contributed by atoms with E-state index in [0.29, 0.717) is 23.5 Å². The van der Waals surface area contributed by atoms with Gasteiger partial charge in [-0.2, -0.15) is 0 Å². The molecule has 0 aromatic carbocycles. The van der Waals surface area contributed by atoms with Crippen molar-refractivity contribution in [2.45, 2.75) is 105 Å². The third-order valence-corrected chi connectivity index (χ3v) is 12.1. The number of aliphatic hydroxyl groups excluding tert-OH is 2. The number of Topliss-reactive ketones (excluding diaryl/α,β-unsaturated/α-hetero) is 1. The van der Waals surface area contributed by atoms with E-state index in [1.807, 2.05) is 13.2 Å². The Morgan fingerprint density at radius 3 is 2.50 bits per heavy atom. The molecular weight excluding hydrogens is 424 g/mol. The van der Waals surface area contributed by atoms with E-state index in [1.165, 1.54) is 31.3 Å². The van der Waals surface area contributed by atoms with Gasteiger partial charge in [-0.3, -0.25) is 4.79 Å². The summed E-state index contributed by atoms with van der Waals surface area (Å²) in [6.07, 6.45) is 12.1. The van der Waals surface area contributed by atoms with Crippen LogP contribution in [0.5, 0.6) is 0 Å². The molecule has 0 saturated heterocycles. The Hall–Kier alpha value is -1.13. The van der Waals surface area contributed by atoms with E-state index in [9.17, 15) is 15.0 Å². The number of hydrogen-bond acceptors (Lipinski definition) is 4. The van der Waals surface area contributed by atoms with Crippen LogP contribution in [0, 0.1) is 45.3 Å². The van der Waals surface area contributed by atoms with Crippen LogP contribution in [0.2, 0.25) is 0 Å². The van der Waals surface area contributed by atoms with Crippen molar-refractivity contribution in [2.75, 3.05) is 6.61 Å². The molecule has 2 N–H and O–H groups in total. The van der Waals surface area contributed by atoms with E-state index in [0.717, 1.165) is 25.7 Å². The van der Waals surface area contributed by atoms with Crippen molar-refractivity contribution >= 4 is 5.78 Å². The zero-order chi connectivity index (χ0) is 24.7. The summed E-state index contributed by atoms with van der Waals surface area (Å²) < 4.78 is 5.98. The van der Waals surface area contributed by atoms with Gasteiger partial charge in [-0.15, -0.1) is 0 Å². The molecule has 0 amide bonds. The minimum Gasteiger partial charge on any atom is -0.495 e. The van der Waals surface area contributed by atoms with Crippen LogP contribution in [0.15, 0.2) is 23.5 Å². The second-order valence-electron chi connectivity index (χ2n) is 13.8. The van der Waals surface area contributed by atoms with E-state index in [2.05, 4.69) is 40.7 Å². The molecule has 5 rings (SSSR count). The molecule has 4 heteroatoms. The Morgan fingerprint density at radius 1 is 1.09 bits per heavy atom. The van der Waals surface area contributed by atoms with Crippen LogP contribution in [-0.2, 0) is 9.53 Å². The fraction of sp³-hybridized carbons (Fsp3) is 0.833. The van der Waals surface area contributed by atoms with Crippen molar-refractivity contribution in [3.63, 3.8) is 0 Å². The van der Waals surface area contributed by atoms with E-state index in [4.69, 9.17) is 4.74 Å². The maximum Gasteiger partial charge on any atom is 0.138 e. The lowest BCUT2D eigenvalue weighted by atomic mass is 9.41. The van der Waals surface area contributed by atoms with Gasteiger partial charge in [-0.1, -0.05) is 53.2 Å². The second kappa shape index (κ2) is 7.93. The molecule has 1 heterocycles. The average Bonchev–Trinajstić information content (AvgIpc) is 3.38. The van der Waals surface area contributed by atoms with Crippen molar-refractivity contribution in [1.29, 1.82) is 0 Å². The quantitative estimate of drug-likeness (QED) is 0.508. The average molecular weight is 471 g/mol. The first-order valence-electron chi connectivity index (χ1n) is 13.8. The van der Waals surface area contributed by atoms with E-state index < -0.39 is 6.10 Å². The zero-order valence-corrected chi connectivity index (χ0v) is 22.2. The summed E-state index contributed by atoms with van der Waals surface area (Å²) in [6, 6.07) is 0. The van der Waals surface area contributed by atoms with Crippen LogP contribution in [0.1, 0.15) is 92.9 Å². The highest BCUT2D eigenvalue weighted by Gasteiger charge is 2.65. The Morgan fingerprint density at radius 2 is 1.79 bits per heavy atom. The number of fused-ring (bicyclic) bond motifs is 5. The Bertz CT molecular complexity index is 917. The second-order valence-corrected chi connectivity index (χ2v) is 13.8. The number of ketones is 1. The molecule has 190 valence electrons. The molecule has 0 radical (unpaired) electrons. The molecule has 4 nitrogen and oxygen atoms in total. The smallest absolute Gasteiger partial charge is 0.138 e. The number of hydrogen-bond donors (Lipinski definition) is 2. The topological polar surface area (TPSA) is 66.8 Å². The lowest BCUT2D eigenvalue weighted by Gasteiger charge is -2.63. The minimum absolute atomic E-state index is 0.0206. The predicted octanol–water partition coefficient (Wildman–Crippen LogP) is 5.82. The van der Waals surface area contributed by atoms with Gasteiger partial charge in [0.25, 0.3) is 0 Å². The van der Waals surface area contributed by atoms with Crippen LogP contribution in [0.3, 0.4) is 0 Å². The molecule has 0 spiro atoms. The van der Waals surface area contributed by atoms with Crippen molar-refractivity contribution in [1.82, 2.24) is 0 Å². The molecule has 4 aliphatic carbocycles. The van der Waals surface area contributed by atoms with Gasteiger partial charge in [-0.05, 0) is 78.1 Å². The van der Waals surface area contributed by atoms with Crippen LogP contribution >= 0.6 is 0 Å². The fourth-order valence-electron chi connectivity index (χ4n) is 9.50. The Balaban J connectivity index is 1.42. The first kappa shape index (κ1) is 24.6. The maximum absolute atomic E-state index is 12.8. The molecule has 0 aromatic heterocycles. The summed E-state index contributed by atoms with van der Waals surface area (Å²) >= 11 is 0.